The summed E-state index contributed by atoms with van der Waals surface area (Å²) in [6.45, 7) is 1.80. The van der Waals surface area contributed by atoms with Gasteiger partial charge in [-0.2, -0.15) is 13.2 Å². The normalized spacial score (nSPS) is 15.7. The molecular formula is C27H24ClF3N2O4S. The Morgan fingerprint density at radius 1 is 1.00 bits per heavy atom. The zero-order chi connectivity index (χ0) is 27.5. The molecule has 0 spiro atoms. The first-order chi connectivity index (χ1) is 18.0. The largest absolute Gasteiger partial charge is 0.467 e. The number of rotatable bonds is 8. The third-order valence-electron chi connectivity index (χ3n) is 6.00. The lowest BCUT2D eigenvalue weighted by Gasteiger charge is -2.22. The van der Waals surface area contributed by atoms with Crippen LogP contribution in [0.4, 0.5) is 18.9 Å². The van der Waals surface area contributed by atoms with E-state index in [1.807, 2.05) is 0 Å². The first kappa shape index (κ1) is 27.5. The summed E-state index contributed by atoms with van der Waals surface area (Å²) in [5.74, 6) is 0.241. The number of hydrogen-bond donors (Lipinski definition) is 1. The molecule has 0 saturated carbocycles. The summed E-state index contributed by atoms with van der Waals surface area (Å²) in [5.41, 5.74) is 1.58. The molecule has 6 nitrogen and oxygen atoms in total. The summed E-state index contributed by atoms with van der Waals surface area (Å²) >= 11 is 6.04. The van der Waals surface area contributed by atoms with E-state index in [-0.39, 0.29) is 29.0 Å². The van der Waals surface area contributed by atoms with E-state index in [4.69, 9.17) is 16.3 Å². The minimum Gasteiger partial charge on any atom is -0.467 e. The highest BCUT2D eigenvalue weighted by atomic mass is 35.5. The second-order valence-corrected chi connectivity index (χ2v) is 11.1. The number of hydrogen-bond acceptors (Lipinski definition) is 5. The smallest absolute Gasteiger partial charge is 0.416 e. The van der Waals surface area contributed by atoms with Crippen LogP contribution in [-0.2, 0) is 27.3 Å². The first-order valence-corrected chi connectivity index (χ1v) is 13.8. The highest BCUT2D eigenvalue weighted by Gasteiger charge is 2.32. The Labute approximate surface area is 223 Å². The van der Waals surface area contributed by atoms with E-state index < -0.39 is 27.8 Å². The zero-order valence-corrected chi connectivity index (χ0v) is 21.8. The monoisotopic (exact) mass is 564 g/mol. The van der Waals surface area contributed by atoms with Crippen LogP contribution in [0, 0.1) is 0 Å². The van der Waals surface area contributed by atoms with Gasteiger partial charge in [0.2, 0.25) is 0 Å². The van der Waals surface area contributed by atoms with Crippen molar-refractivity contribution in [1.82, 2.24) is 5.32 Å². The maximum atomic E-state index is 12.9. The molecule has 1 N–H and O–H groups in total. The van der Waals surface area contributed by atoms with Crippen LogP contribution in [0.25, 0.3) is 5.76 Å². The number of halogens is 4. The third-order valence-corrected chi connectivity index (χ3v) is 8.02. The van der Waals surface area contributed by atoms with Gasteiger partial charge in [-0.3, -0.25) is 4.79 Å². The van der Waals surface area contributed by atoms with Crippen LogP contribution in [0.1, 0.15) is 34.0 Å². The minimum atomic E-state index is -4.43. The average molecular weight is 565 g/mol. The van der Waals surface area contributed by atoms with E-state index in [1.54, 1.807) is 54.4 Å². The Hall–Kier alpha value is -3.50. The summed E-state index contributed by atoms with van der Waals surface area (Å²) in [6, 6.07) is 17.7. The highest BCUT2D eigenvalue weighted by Crippen LogP contribution is 2.34. The first-order valence-electron chi connectivity index (χ1n) is 11.6. The fourth-order valence-electron chi connectivity index (χ4n) is 3.81. The van der Waals surface area contributed by atoms with Crippen LogP contribution in [-0.4, -0.2) is 32.2 Å². The molecule has 0 bridgehead atoms. The lowest BCUT2D eigenvalue weighted by molar-refractivity contribution is -0.137. The van der Waals surface area contributed by atoms with Crippen molar-refractivity contribution in [2.75, 3.05) is 16.5 Å². The molecule has 38 heavy (non-hydrogen) atoms. The van der Waals surface area contributed by atoms with Crippen molar-refractivity contribution in [1.29, 1.82) is 0 Å². The van der Waals surface area contributed by atoms with E-state index in [2.05, 4.69) is 5.32 Å². The van der Waals surface area contributed by atoms with Gasteiger partial charge >= 0.3 is 6.18 Å². The van der Waals surface area contributed by atoms with Crippen molar-refractivity contribution in [3.63, 3.8) is 0 Å². The number of benzene rings is 3. The summed E-state index contributed by atoms with van der Waals surface area (Å²) in [5, 5.41) is 2.80. The molecule has 0 fully saturated rings. The van der Waals surface area contributed by atoms with E-state index >= 15 is 0 Å². The molecule has 0 saturated heterocycles. The van der Waals surface area contributed by atoms with Crippen LogP contribution in [0.5, 0.6) is 0 Å². The van der Waals surface area contributed by atoms with E-state index in [0.29, 0.717) is 22.6 Å². The number of nitrogens with one attached hydrogen (secondary N) is 1. The number of anilines is 1. The SMILES string of the molecule is CCS(=O)(=O)c1ccc(CNC(=O)c2ccc(C3=CN(c4ccc(C(F)(F)F)cc4)C(CCl)O3)cc2)cc1. The molecule has 200 valence electrons. The van der Waals surface area contributed by atoms with Gasteiger partial charge in [0.25, 0.3) is 5.91 Å². The Kier molecular flexibility index (Phi) is 8.03. The molecule has 1 unspecified atom stereocenters. The number of ether oxygens (including phenoxy) is 1. The quantitative estimate of drug-likeness (QED) is 0.349. The molecule has 11 heteroatoms. The van der Waals surface area contributed by atoms with E-state index in [1.165, 1.54) is 24.3 Å². The van der Waals surface area contributed by atoms with Crippen molar-refractivity contribution in [2.45, 2.75) is 30.8 Å². The fourth-order valence-corrected chi connectivity index (χ4v) is 4.90. The molecule has 0 aromatic heterocycles. The fraction of sp³-hybridized carbons (Fsp3) is 0.222. The maximum Gasteiger partial charge on any atom is 0.416 e. The molecule has 0 radical (unpaired) electrons. The van der Waals surface area contributed by atoms with Gasteiger partial charge in [-0.25, -0.2) is 8.42 Å². The van der Waals surface area contributed by atoms with Crippen LogP contribution >= 0.6 is 11.6 Å². The van der Waals surface area contributed by atoms with Crippen LogP contribution in [0.15, 0.2) is 83.9 Å². The van der Waals surface area contributed by atoms with Gasteiger partial charge in [-0.05, 0) is 54.1 Å². The van der Waals surface area contributed by atoms with Gasteiger partial charge < -0.3 is 15.0 Å². The second-order valence-electron chi connectivity index (χ2n) is 8.48. The molecule has 4 rings (SSSR count). The van der Waals surface area contributed by atoms with Crippen LogP contribution in [0.2, 0.25) is 0 Å². The molecule has 1 aliphatic rings. The van der Waals surface area contributed by atoms with Gasteiger partial charge in [0.05, 0.1) is 28.3 Å². The third kappa shape index (κ3) is 6.14. The highest BCUT2D eigenvalue weighted by molar-refractivity contribution is 7.91. The average Bonchev–Trinajstić information content (AvgIpc) is 3.36. The molecule has 1 aliphatic heterocycles. The summed E-state index contributed by atoms with van der Waals surface area (Å²) < 4.78 is 68.4. The topological polar surface area (TPSA) is 75.7 Å². The second kappa shape index (κ2) is 11.1. The summed E-state index contributed by atoms with van der Waals surface area (Å²) in [4.78, 5) is 14.5. The van der Waals surface area contributed by atoms with Gasteiger partial charge in [0, 0.05) is 23.4 Å². The molecule has 1 amide bonds. The number of carbonyl (C=O) groups is 1. The molecular weight excluding hydrogens is 541 g/mol. The molecule has 1 heterocycles. The zero-order valence-electron chi connectivity index (χ0n) is 20.2. The number of carbonyl (C=O) groups excluding carboxylic acids is 1. The van der Waals surface area contributed by atoms with Crippen molar-refractivity contribution >= 4 is 38.8 Å². The van der Waals surface area contributed by atoms with Crippen molar-refractivity contribution in [3.8, 4) is 0 Å². The predicted molar refractivity (Wildman–Crippen MR) is 139 cm³/mol. The van der Waals surface area contributed by atoms with Gasteiger partial charge in [-0.15, -0.1) is 11.6 Å². The minimum absolute atomic E-state index is 0.0145. The number of sulfone groups is 1. The Balaban J connectivity index is 1.41. The van der Waals surface area contributed by atoms with Crippen molar-refractivity contribution in [3.05, 3.63) is 101 Å². The van der Waals surface area contributed by atoms with Gasteiger partial charge in [0.15, 0.2) is 16.1 Å². The Bertz CT molecular complexity index is 1420. The summed E-state index contributed by atoms with van der Waals surface area (Å²) in [7, 11) is -3.29. The lowest BCUT2D eigenvalue weighted by Crippen LogP contribution is -2.29. The molecule has 3 aromatic rings. The van der Waals surface area contributed by atoms with Gasteiger partial charge in [0.1, 0.15) is 5.76 Å². The van der Waals surface area contributed by atoms with E-state index in [9.17, 15) is 26.4 Å². The Morgan fingerprint density at radius 3 is 2.18 bits per heavy atom. The maximum absolute atomic E-state index is 12.9. The Morgan fingerprint density at radius 2 is 1.63 bits per heavy atom. The number of amides is 1. The van der Waals surface area contributed by atoms with Crippen LogP contribution < -0.4 is 10.2 Å². The lowest BCUT2D eigenvalue weighted by atomic mass is 10.1. The molecule has 0 aliphatic carbocycles. The number of alkyl halides is 4. The van der Waals surface area contributed by atoms with E-state index in [0.717, 1.165) is 17.7 Å². The van der Waals surface area contributed by atoms with Crippen molar-refractivity contribution < 1.29 is 31.1 Å². The molecule has 3 aromatic carbocycles. The van der Waals surface area contributed by atoms with Crippen LogP contribution in [0.3, 0.4) is 0 Å². The molecule has 1 atom stereocenters. The summed E-state index contributed by atoms with van der Waals surface area (Å²) in [6.07, 6.45) is -3.37. The standard InChI is InChI=1S/C27H24ClF3N2O4S/c1-2-38(35,36)23-13-3-18(4-14-23)16-32-26(34)20-7-5-19(6-8-20)24-17-33(25(15-28)37-24)22-11-9-21(10-12-22)27(29,30)31/h3-14,17,25H,2,15-16H2,1H3,(H,32,34). The van der Waals surface area contributed by atoms with Gasteiger partial charge in [-0.1, -0.05) is 31.2 Å². The van der Waals surface area contributed by atoms with Crippen molar-refractivity contribution in [2.24, 2.45) is 0 Å². The number of nitrogens with zero attached hydrogens (tertiary/aromatic N) is 1. The predicted octanol–water partition coefficient (Wildman–Crippen LogP) is 5.83.